The van der Waals surface area contributed by atoms with E-state index >= 15 is 0 Å². The van der Waals surface area contributed by atoms with E-state index in [1.165, 1.54) is 5.56 Å². The standard InChI is InChI=1S/C22H26N6O2/c1-2-30-19-11-4-3-9-18(19)25-20(29)15-7-6-12-27(13-15)21-16-8-5-10-17(16)26-22-23-14-24-28(21)22/h3-4,9,11,14-15H,2,5-8,10,12-13H2,1H3,(H,25,29). The van der Waals surface area contributed by atoms with Crippen LogP contribution in [0, 0.1) is 5.92 Å². The fourth-order valence-corrected chi connectivity index (χ4v) is 4.60. The lowest BCUT2D eigenvalue weighted by atomic mass is 9.96. The Labute approximate surface area is 175 Å². The van der Waals surface area contributed by atoms with Gasteiger partial charge in [-0.2, -0.15) is 14.6 Å². The van der Waals surface area contributed by atoms with Crippen LogP contribution >= 0.6 is 0 Å². The van der Waals surface area contributed by atoms with Gasteiger partial charge in [0.05, 0.1) is 23.9 Å². The van der Waals surface area contributed by atoms with Crippen LogP contribution in [0.3, 0.4) is 0 Å². The van der Waals surface area contributed by atoms with Gasteiger partial charge in [-0.05, 0) is 51.2 Å². The predicted octanol–water partition coefficient (Wildman–Crippen LogP) is 2.87. The molecule has 0 spiro atoms. The van der Waals surface area contributed by atoms with E-state index in [-0.39, 0.29) is 11.8 Å². The van der Waals surface area contributed by atoms with Gasteiger partial charge in [0, 0.05) is 18.7 Å². The third-order valence-corrected chi connectivity index (χ3v) is 5.96. The number of carbonyl (C=O) groups is 1. The maximum Gasteiger partial charge on any atom is 0.254 e. The van der Waals surface area contributed by atoms with Crippen molar-refractivity contribution in [3.8, 4) is 5.75 Å². The molecule has 1 unspecified atom stereocenters. The molecule has 1 amide bonds. The zero-order chi connectivity index (χ0) is 20.5. The third-order valence-electron chi connectivity index (χ3n) is 5.96. The number of ether oxygens (including phenoxy) is 1. The van der Waals surface area contributed by atoms with E-state index in [2.05, 4.69) is 25.3 Å². The largest absolute Gasteiger partial charge is 0.492 e. The fourth-order valence-electron chi connectivity index (χ4n) is 4.60. The Hall–Kier alpha value is -3.16. The lowest BCUT2D eigenvalue weighted by Gasteiger charge is -2.34. The molecular weight excluding hydrogens is 380 g/mol. The summed E-state index contributed by atoms with van der Waals surface area (Å²) in [4.78, 5) is 24.4. The maximum atomic E-state index is 13.1. The van der Waals surface area contributed by atoms with Crippen molar-refractivity contribution in [2.45, 2.75) is 39.0 Å². The first-order valence-corrected chi connectivity index (χ1v) is 10.7. The SMILES string of the molecule is CCOc1ccccc1NC(=O)C1CCCN(c2c3c(nc4ncnn24)CCC3)C1. The second-order valence-corrected chi connectivity index (χ2v) is 7.89. The molecule has 30 heavy (non-hydrogen) atoms. The normalized spacial score (nSPS) is 18.4. The number of benzene rings is 1. The van der Waals surface area contributed by atoms with E-state index in [1.807, 2.05) is 35.7 Å². The number of amides is 1. The molecule has 8 heteroatoms. The second kappa shape index (κ2) is 7.93. The summed E-state index contributed by atoms with van der Waals surface area (Å²) in [5.41, 5.74) is 3.11. The number of para-hydroxylation sites is 2. The highest BCUT2D eigenvalue weighted by Gasteiger charge is 2.31. The van der Waals surface area contributed by atoms with E-state index in [0.29, 0.717) is 24.7 Å². The summed E-state index contributed by atoms with van der Waals surface area (Å²) in [6.45, 7) is 4.07. The van der Waals surface area contributed by atoms with Crippen LogP contribution in [0.25, 0.3) is 5.78 Å². The summed E-state index contributed by atoms with van der Waals surface area (Å²) in [6.07, 6.45) is 6.47. The molecule has 0 radical (unpaired) electrons. The average Bonchev–Trinajstić information content (AvgIpc) is 3.42. The summed E-state index contributed by atoms with van der Waals surface area (Å²) in [5, 5.41) is 7.51. The Bertz CT molecular complexity index is 1080. The highest BCUT2D eigenvalue weighted by molar-refractivity contribution is 5.94. The highest BCUT2D eigenvalue weighted by Crippen LogP contribution is 2.33. The van der Waals surface area contributed by atoms with Crippen molar-refractivity contribution >= 4 is 23.2 Å². The Morgan fingerprint density at radius 1 is 1.27 bits per heavy atom. The quantitative estimate of drug-likeness (QED) is 0.701. The van der Waals surface area contributed by atoms with Gasteiger partial charge >= 0.3 is 0 Å². The molecule has 5 rings (SSSR count). The molecule has 3 heterocycles. The molecule has 3 aromatic rings. The monoisotopic (exact) mass is 406 g/mol. The molecule has 156 valence electrons. The molecule has 1 fully saturated rings. The molecule has 8 nitrogen and oxygen atoms in total. The number of hydrogen-bond donors (Lipinski definition) is 1. The number of hydrogen-bond acceptors (Lipinski definition) is 6. The number of aryl methyl sites for hydroxylation is 1. The fraction of sp³-hybridized carbons (Fsp3) is 0.455. The first-order chi connectivity index (χ1) is 14.7. The summed E-state index contributed by atoms with van der Waals surface area (Å²) in [7, 11) is 0. The van der Waals surface area contributed by atoms with Gasteiger partial charge in [0.25, 0.3) is 5.78 Å². The second-order valence-electron chi connectivity index (χ2n) is 7.89. The number of anilines is 2. The minimum Gasteiger partial charge on any atom is -0.492 e. The van der Waals surface area contributed by atoms with E-state index in [1.54, 1.807) is 6.33 Å². The van der Waals surface area contributed by atoms with Gasteiger partial charge in [0.15, 0.2) is 0 Å². The number of nitrogens with zero attached hydrogens (tertiary/aromatic N) is 5. The van der Waals surface area contributed by atoms with Crippen molar-refractivity contribution in [1.29, 1.82) is 0 Å². The molecule has 1 saturated heterocycles. The molecule has 1 atom stereocenters. The Balaban J connectivity index is 1.39. The van der Waals surface area contributed by atoms with E-state index < -0.39 is 0 Å². The summed E-state index contributed by atoms with van der Waals surface area (Å²) < 4.78 is 7.50. The Morgan fingerprint density at radius 2 is 2.17 bits per heavy atom. The zero-order valence-electron chi connectivity index (χ0n) is 17.2. The van der Waals surface area contributed by atoms with Crippen LogP contribution in [0.4, 0.5) is 11.5 Å². The molecule has 1 aliphatic heterocycles. The first kappa shape index (κ1) is 18.8. The van der Waals surface area contributed by atoms with Gasteiger partial charge in [-0.25, -0.2) is 4.98 Å². The van der Waals surface area contributed by atoms with Gasteiger partial charge in [0.1, 0.15) is 17.9 Å². The number of fused-ring (bicyclic) bond motifs is 2. The summed E-state index contributed by atoms with van der Waals surface area (Å²) in [6, 6.07) is 7.59. The number of aromatic nitrogens is 4. The molecule has 2 aromatic heterocycles. The van der Waals surface area contributed by atoms with Crippen LogP contribution in [0.15, 0.2) is 30.6 Å². The van der Waals surface area contributed by atoms with Crippen molar-refractivity contribution in [3.63, 3.8) is 0 Å². The lowest BCUT2D eigenvalue weighted by molar-refractivity contribution is -0.120. The molecule has 0 saturated carbocycles. The number of rotatable bonds is 5. The molecule has 1 aromatic carbocycles. The maximum absolute atomic E-state index is 13.1. The van der Waals surface area contributed by atoms with Crippen LogP contribution in [0.5, 0.6) is 5.75 Å². The first-order valence-electron chi connectivity index (χ1n) is 10.7. The third kappa shape index (κ3) is 3.36. The number of carbonyl (C=O) groups excluding carboxylic acids is 1. The molecule has 2 aliphatic rings. The summed E-state index contributed by atoms with van der Waals surface area (Å²) >= 11 is 0. The highest BCUT2D eigenvalue weighted by atomic mass is 16.5. The zero-order valence-corrected chi connectivity index (χ0v) is 17.2. The molecule has 1 aliphatic carbocycles. The topological polar surface area (TPSA) is 84.6 Å². The van der Waals surface area contributed by atoms with E-state index in [4.69, 9.17) is 4.74 Å². The molecular formula is C22H26N6O2. The smallest absolute Gasteiger partial charge is 0.254 e. The Kier molecular flexibility index (Phi) is 4.98. The molecule has 0 bridgehead atoms. The number of nitrogens with one attached hydrogen (secondary N) is 1. The van der Waals surface area contributed by atoms with Crippen molar-refractivity contribution in [3.05, 3.63) is 41.9 Å². The van der Waals surface area contributed by atoms with Crippen LogP contribution in [0.2, 0.25) is 0 Å². The summed E-state index contributed by atoms with van der Waals surface area (Å²) in [5.74, 6) is 2.35. The van der Waals surface area contributed by atoms with Crippen LogP contribution in [0.1, 0.15) is 37.4 Å². The van der Waals surface area contributed by atoms with Crippen molar-refractivity contribution in [2.75, 3.05) is 29.9 Å². The van der Waals surface area contributed by atoms with E-state index in [0.717, 1.165) is 55.8 Å². The van der Waals surface area contributed by atoms with Crippen molar-refractivity contribution in [2.24, 2.45) is 5.92 Å². The van der Waals surface area contributed by atoms with Crippen molar-refractivity contribution in [1.82, 2.24) is 19.6 Å². The minimum atomic E-state index is -0.0998. The van der Waals surface area contributed by atoms with Gasteiger partial charge in [-0.15, -0.1) is 0 Å². The van der Waals surface area contributed by atoms with Crippen LogP contribution < -0.4 is 15.0 Å². The van der Waals surface area contributed by atoms with Gasteiger partial charge in [-0.1, -0.05) is 12.1 Å². The van der Waals surface area contributed by atoms with E-state index in [9.17, 15) is 4.79 Å². The minimum absolute atomic E-state index is 0.0346. The van der Waals surface area contributed by atoms with Crippen molar-refractivity contribution < 1.29 is 9.53 Å². The van der Waals surface area contributed by atoms with Gasteiger partial charge in [-0.3, -0.25) is 4.79 Å². The van der Waals surface area contributed by atoms with Crippen LogP contribution in [-0.2, 0) is 17.6 Å². The van der Waals surface area contributed by atoms with Gasteiger partial charge < -0.3 is 15.0 Å². The van der Waals surface area contributed by atoms with Gasteiger partial charge in [0.2, 0.25) is 5.91 Å². The Morgan fingerprint density at radius 3 is 3.07 bits per heavy atom. The number of piperidine rings is 1. The molecule has 1 N–H and O–H groups in total. The average molecular weight is 406 g/mol. The predicted molar refractivity (Wildman–Crippen MR) is 114 cm³/mol. The lowest BCUT2D eigenvalue weighted by Crippen LogP contribution is -2.42. The van der Waals surface area contributed by atoms with Crippen LogP contribution in [-0.4, -0.2) is 45.2 Å².